The number of aliphatic hydroxyl groups is 1. The highest BCUT2D eigenvalue weighted by Gasteiger charge is 2.20. The number of nitrogens with zero attached hydrogens (tertiary/aromatic N) is 1. The molecule has 0 aliphatic heterocycles. The van der Waals surface area contributed by atoms with E-state index < -0.39 is 28.3 Å². The summed E-state index contributed by atoms with van der Waals surface area (Å²) in [5.41, 5.74) is -0.676. The highest BCUT2D eigenvalue weighted by Crippen LogP contribution is 2.08. The van der Waals surface area contributed by atoms with Crippen molar-refractivity contribution in [3.63, 3.8) is 0 Å². The van der Waals surface area contributed by atoms with Gasteiger partial charge in [0.25, 0.3) is 0 Å². The van der Waals surface area contributed by atoms with Crippen LogP contribution in [-0.2, 0) is 14.7 Å². The lowest BCUT2D eigenvalue weighted by Crippen LogP contribution is -2.37. The van der Waals surface area contributed by atoms with Gasteiger partial charge < -0.3 is 9.84 Å². The Bertz CT molecular complexity index is 392. The molecule has 0 fully saturated rings. The van der Waals surface area contributed by atoms with Crippen molar-refractivity contribution < 1.29 is 18.8 Å². The van der Waals surface area contributed by atoms with Crippen LogP contribution in [0.3, 0.4) is 0 Å². The number of nitrogens with one attached hydrogen (secondary N) is 1. The molecule has 0 bridgehead atoms. The molecule has 0 aliphatic carbocycles. The van der Waals surface area contributed by atoms with Crippen LogP contribution in [0.5, 0.6) is 0 Å². The van der Waals surface area contributed by atoms with E-state index in [4.69, 9.17) is 9.84 Å². The van der Waals surface area contributed by atoms with E-state index in [9.17, 15) is 9.00 Å². The molecule has 106 valence electrons. The fourth-order valence-electron chi connectivity index (χ4n) is 1.09. The van der Waals surface area contributed by atoms with E-state index in [1.54, 1.807) is 26.8 Å². The normalized spacial score (nSPS) is 14.4. The maximum atomic E-state index is 12.2. The number of carbonyl (C=O) groups excluding carboxylic acids is 1. The van der Waals surface area contributed by atoms with Gasteiger partial charge in [-0.3, -0.25) is 0 Å². The molecule has 1 amide bonds. The monoisotopic (exact) mass is 278 g/mol. The predicted molar refractivity (Wildman–Crippen MR) is 71.3 cm³/mol. The molecule has 0 aromatic carbocycles. The molecule has 1 atom stereocenters. The van der Waals surface area contributed by atoms with E-state index in [2.05, 4.69) is 15.7 Å². The number of rotatable bonds is 6. The first kappa shape index (κ1) is 16.9. The van der Waals surface area contributed by atoms with Gasteiger partial charge in [-0.25, -0.2) is 13.7 Å². The number of aliphatic hydroxyl groups excluding tert-OH is 1. The summed E-state index contributed by atoms with van der Waals surface area (Å²) < 4.78 is 22.9. The molecule has 0 saturated carbocycles. The largest absolute Gasteiger partial charge is 0.443 e. The summed E-state index contributed by atoms with van der Waals surface area (Å²) >= 11 is 0. The fraction of sp³-hybridized carbons (Fsp3) is 0.727. The van der Waals surface area contributed by atoms with Gasteiger partial charge in [0, 0.05) is 0 Å². The van der Waals surface area contributed by atoms with E-state index in [0.717, 1.165) is 0 Å². The summed E-state index contributed by atoms with van der Waals surface area (Å²) in [5.74, 6) is 0.152. The molecular formula is C11H22N2O4S. The maximum Gasteiger partial charge on any atom is 0.420 e. The molecule has 0 aromatic rings. The summed E-state index contributed by atoms with van der Waals surface area (Å²) in [6, 6.07) is 0. The molecule has 2 N–H and O–H groups in total. The highest BCUT2D eigenvalue weighted by molar-refractivity contribution is 7.92. The maximum absolute atomic E-state index is 12.2. The van der Waals surface area contributed by atoms with Gasteiger partial charge in [-0.1, -0.05) is 6.08 Å². The molecule has 0 heterocycles. The van der Waals surface area contributed by atoms with Gasteiger partial charge >= 0.3 is 6.09 Å². The van der Waals surface area contributed by atoms with Crippen molar-refractivity contribution in [2.75, 3.05) is 12.5 Å². The topological polar surface area (TPSA) is 88.0 Å². The number of hydrogen-bond donors (Lipinski definition) is 2. The molecule has 0 radical (unpaired) electrons. The van der Waals surface area contributed by atoms with E-state index in [0.29, 0.717) is 12.8 Å². The van der Waals surface area contributed by atoms with Gasteiger partial charge in [0.05, 0.1) is 5.75 Å². The van der Waals surface area contributed by atoms with Crippen LogP contribution in [0.4, 0.5) is 4.79 Å². The van der Waals surface area contributed by atoms with Gasteiger partial charge in [-0.2, -0.15) is 4.36 Å². The lowest BCUT2D eigenvalue weighted by atomic mass is 10.2. The SMILES string of the molecule is C=CCCCS(=O)(=NCO)NC(=O)OC(C)(C)C. The minimum absolute atomic E-state index is 0.152. The Labute approximate surface area is 109 Å². The number of carbonyl (C=O) groups is 1. The van der Waals surface area contributed by atoms with E-state index in [1.807, 2.05) is 0 Å². The zero-order valence-electron chi connectivity index (χ0n) is 11.1. The first-order valence-electron chi connectivity index (χ1n) is 5.65. The molecule has 18 heavy (non-hydrogen) atoms. The van der Waals surface area contributed by atoms with E-state index in [1.165, 1.54) is 0 Å². The van der Waals surface area contributed by atoms with E-state index in [-0.39, 0.29) is 5.75 Å². The van der Waals surface area contributed by atoms with Crippen LogP contribution in [0.2, 0.25) is 0 Å². The van der Waals surface area contributed by atoms with Crippen LogP contribution in [0.15, 0.2) is 17.0 Å². The summed E-state index contributed by atoms with van der Waals surface area (Å²) in [5, 5.41) is 8.75. The average molecular weight is 278 g/mol. The fourth-order valence-corrected chi connectivity index (χ4v) is 2.44. The van der Waals surface area contributed by atoms with Gasteiger partial charge in [0.1, 0.15) is 22.2 Å². The van der Waals surface area contributed by atoms with Crippen LogP contribution in [-0.4, -0.2) is 33.5 Å². The Morgan fingerprint density at radius 3 is 2.61 bits per heavy atom. The number of allylic oxidation sites excluding steroid dienone is 1. The second kappa shape index (κ2) is 7.38. The molecule has 7 heteroatoms. The Morgan fingerprint density at radius 1 is 1.56 bits per heavy atom. The first-order valence-corrected chi connectivity index (χ1v) is 7.34. The van der Waals surface area contributed by atoms with Crippen LogP contribution in [0.1, 0.15) is 33.6 Å². The quantitative estimate of drug-likeness (QED) is 0.573. The van der Waals surface area contributed by atoms with Crippen LogP contribution in [0.25, 0.3) is 0 Å². The Hall–Kier alpha value is -1.08. The standard InChI is InChI=1S/C11H22N2O4S/c1-5-6-7-8-18(16,12-9-14)13-10(15)17-11(2,3)4/h5,14H,1,6-9H2,2-4H3,(H,12,13,15,16). The molecule has 0 aliphatic rings. The van der Waals surface area contributed by atoms with Crippen LogP contribution in [0, 0.1) is 0 Å². The second-order valence-corrected chi connectivity index (χ2v) is 6.80. The molecular weight excluding hydrogens is 256 g/mol. The molecule has 6 nitrogen and oxygen atoms in total. The summed E-state index contributed by atoms with van der Waals surface area (Å²) in [7, 11) is -2.98. The van der Waals surface area contributed by atoms with Crippen molar-refractivity contribution in [2.45, 2.75) is 39.2 Å². The highest BCUT2D eigenvalue weighted by atomic mass is 32.2. The predicted octanol–water partition coefficient (Wildman–Crippen LogP) is 1.81. The zero-order chi connectivity index (χ0) is 14.2. The van der Waals surface area contributed by atoms with Gasteiger partial charge in [-0.05, 0) is 33.6 Å². The average Bonchev–Trinajstić information content (AvgIpc) is 2.14. The summed E-state index contributed by atoms with van der Waals surface area (Å²) in [4.78, 5) is 11.5. The van der Waals surface area contributed by atoms with Crippen molar-refractivity contribution in [3.05, 3.63) is 12.7 Å². The van der Waals surface area contributed by atoms with Crippen molar-refractivity contribution in [1.82, 2.24) is 4.72 Å². The van der Waals surface area contributed by atoms with Gasteiger partial charge in [-0.15, -0.1) is 6.58 Å². The van der Waals surface area contributed by atoms with Crippen LogP contribution < -0.4 is 4.72 Å². The Balaban J connectivity index is 4.62. The van der Waals surface area contributed by atoms with Crippen molar-refractivity contribution in [1.29, 1.82) is 0 Å². The summed E-state index contributed by atoms with van der Waals surface area (Å²) in [6.45, 7) is 8.05. The smallest absolute Gasteiger partial charge is 0.420 e. The van der Waals surface area contributed by atoms with Crippen molar-refractivity contribution >= 4 is 16.0 Å². The number of hydrogen-bond acceptors (Lipinski definition) is 5. The lowest BCUT2D eigenvalue weighted by Gasteiger charge is -2.20. The molecule has 0 spiro atoms. The number of amides is 1. The lowest BCUT2D eigenvalue weighted by molar-refractivity contribution is 0.0571. The minimum Gasteiger partial charge on any atom is -0.443 e. The third-order valence-corrected chi connectivity index (χ3v) is 3.60. The molecule has 0 aromatic heterocycles. The second-order valence-electron chi connectivity index (χ2n) is 4.65. The molecule has 0 rings (SSSR count). The van der Waals surface area contributed by atoms with E-state index >= 15 is 0 Å². The third kappa shape index (κ3) is 8.08. The first-order chi connectivity index (χ1) is 8.22. The van der Waals surface area contributed by atoms with Crippen molar-refractivity contribution in [2.24, 2.45) is 4.36 Å². The van der Waals surface area contributed by atoms with Crippen molar-refractivity contribution in [3.8, 4) is 0 Å². The number of ether oxygens (including phenoxy) is 1. The van der Waals surface area contributed by atoms with Gasteiger partial charge in [0.15, 0.2) is 0 Å². The van der Waals surface area contributed by atoms with Crippen LogP contribution >= 0.6 is 0 Å². The molecule has 1 unspecified atom stereocenters. The Kier molecular flexibility index (Phi) is 6.93. The summed E-state index contributed by atoms with van der Waals surface area (Å²) in [6.07, 6.45) is 2.10. The Morgan fingerprint density at radius 2 is 2.17 bits per heavy atom. The molecule has 0 saturated heterocycles. The third-order valence-electron chi connectivity index (χ3n) is 1.74. The van der Waals surface area contributed by atoms with Gasteiger partial charge in [0.2, 0.25) is 0 Å². The zero-order valence-corrected chi connectivity index (χ0v) is 12.0. The number of unbranched alkanes of at least 4 members (excludes halogenated alkanes) is 1. The minimum atomic E-state index is -2.98.